The van der Waals surface area contributed by atoms with Gasteiger partial charge in [0.2, 0.25) is 5.78 Å². The topological polar surface area (TPSA) is 17.1 Å². The largest absolute Gasteiger partial charge is 0.461 e. The summed E-state index contributed by atoms with van der Waals surface area (Å²) < 4.78 is 61.1. The van der Waals surface area contributed by atoms with Gasteiger partial charge in [-0.25, -0.2) is 0 Å². The van der Waals surface area contributed by atoms with Crippen molar-refractivity contribution in [3.8, 4) is 0 Å². The molecule has 0 fully saturated rings. The van der Waals surface area contributed by atoms with Gasteiger partial charge in [-0.1, -0.05) is 42.5 Å². The van der Waals surface area contributed by atoms with E-state index in [2.05, 4.69) is 12.2 Å². The molecule has 0 amide bonds. The van der Waals surface area contributed by atoms with Crippen molar-refractivity contribution in [1.82, 2.24) is 0 Å². The van der Waals surface area contributed by atoms with Gasteiger partial charge in [-0.2, -0.15) is 22.0 Å². The molecular weight excluding hydrogens is 275 g/mol. The number of carbonyl (C=O) groups is 1. The Balaban J connectivity index is 2.81. The Bertz CT molecular complexity index is 452. The van der Waals surface area contributed by atoms with Gasteiger partial charge in [-0.05, 0) is 5.56 Å². The second kappa shape index (κ2) is 5.09. The molecule has 0 bridgehead atoms. The average molecular weight is 282 g/mol. The van der Waals surface area contributed by atoms with Crippen LogP contribution < -0.4 is 0 Å². The fraction of sp³-hybridized carbons (Fsp3) is 0.273. The van der Waals surface area contributed by atoms with Gasteiger partial charge < -0.3 is 0 Å². The number of Topliss-reactive ketones (excluding diaryl/α,β-unsaturated/α-hetero) is 1. The molecule has 1 nitrogen and oxygen atoms in total. The lowest BCUT2D eigenvalue weighted by atomic mass is 10.0. The van der Waals surface area contributed by atoms with Crippen LogP contribution in [0.2, 0.25) is 0 Å². The molecule has 0 aliphatic carbocycles. The third-order valence-electron chi connectivity index (χ3n) is 2.12. The zero-order valence-corrected chi connectivity index (χ0v) is 9.62. The van der Waals surface area contributed by atoms with E-state index in [0.717, 1.165) is 0 Å². The monoisotopic (exact) mass is 282 g/mol. The number of carbonyl (C=O) groups excluding carboxylic acids is 1. The smallest absolute Gasteiger partial charge is 0.292 e. The van der Waals surface area contributed by atoms with E-state index in [1.54, 1.807) is 6.07 Å². The molecule has 1 aromatic carbocycles. The number of alkyl halides is 5. The fourth-order valence-electron chi connectivity index (χ4n) is 1.14. The summed E-state index contributed by atoms with van der Waals surface area (Å²) in [5.41, 5.74) is 0.277. The number of hydrogen-bond acceptors (Lipinski definition) is 2. The molecule has 0 N–H and O–H groups in total. The molecule has 0 aliphatic heterocycles. The molecular formula is C11H7F5OS. The van der Waals surface area contributed by atoms with Crippen LogP contribution in [0.3, 0.4) is 0 Å². The minimum Gasteiger partial charge on any atom is -0.292 e. The van der Waals surface area contributed by atoms with E-state index in [9.17, 15) is 26.7 Å². The van der Waals surface area contributed by atoms with Crippen LogP contribution in [0.1, 0.15) is 12.0 Å². The van der Waals surface area contributed by atoms with E-state index in [0.29, 0.717) is 0 Å². The summed E-state index contributed by atoms with van der Waals surface area (Å²) in [5, 5.41) is 0. The first-order chi connectivity index (χ1) is 8.16. The Labute approximate surface area is 105 Å². The van der Waals surface area contributed by atoms with E-state index in [-0.39, 0.29) is 10.4 Å². The van der Waals surface area contributed by atoms with Gasteiger partial charge in [0.15, 0.2) is 0 Å². The third kappa shape index (κ3) is 3.10. The Morgan fingerprint density at radius 3 is 2.00 bits per heavy atom. The molecule has 0 spiro atoms. The first kappa shape index (κ1) is 14.7. The van der Waals surface area contributed by atoms with E-state index in [1.807, 2.05) is 0 Å². The minimum atomic E-state index is -5.89. The van der Waals surface area contributed by atoms with Crippen molar-refractivity contribution in [3.05, 3.63) is 35.9 Å². The second-order valence-corrected chi connectivity index (χ2v) is 3.95. The van der Waals surface area contributed by atoms with Gasteiger partial charge in [0, 0.05) is 11.3 Å². The summed E-state index contributed by atoms with van der Waals surface area (Å²) in [5.74, 6) is -7.62. The van der Waals surface area contributed by atoms with Gasteiger partial charge in [0.1, 0.15) is 0 Å². The lowest BCUT2D eigenvalue weighted by Gasteiger charge is -2.18. The van der Waals surface area contributed by atoms with Crippen LogP contribution in [-0.4, -0.2) is 22.7 Å². The fourth-order valence-corrected chi connectivity index (χ4v) is 1.41. The van der Waals surface area contributed by atoms with Gasteiger partial charge >= 0.3 is 12.1 Å². The van der Waals surface area contributed by atoms with Crippen molar-refractivity contribution in [2.24, 2.45) is 0 Å². The number of thiocarbonyl (C=S) groups is 1. The van der Waals surface area contributed by atoms with Crippen LogP contribution in [0.5, 0.6) is 0 Å². The summed E-state index contributed by atoms with van der Waals surface area (Å²) in [6, 6.07) is 7.56. The second-order valence-electron chi connectivity index (χ2n) is 3.46. The molecule has 18 heavy (non-hydrogen) atoms. The molecule has 0 atom stereocenters. The predicted molar refractivity (Wildman–Crippen MR) is 58.8 cm³/mol. The maximum atomic E-state index is 12.7. The van der Waals surface area contributed by atoms with Gasteiger partial charge in [0.05, 0.1) is 0 Å². The zero-order chi connectivity index (χ0) is 14.0. The highest BCUT2D eigenvalue weighted by Crippen LogP contribution is 2.37. The first-order valence-corrected chi connectivity index (χ1v) is 5.13. The summed E-state index contributed by atoms with van der Waals surface area (Å²) in [7, 11) is 0. The molecule has 0 heterocycles. The number of hydrogen-bond donors (Lipinski definition) is 0. The molecule has 0 aliphatic rings. The van der Waals surface area contributed by atoms with Crippen LogP contribution in [0, 0.1) is 0 Å². The normalized spacial score (nSPS) is 12.3. The molecule has 0 saturated heterocycles. The molecule has 98 valence electrons. The van der Waals surface area contributed by atoms with Crippen molar-refractivity contribution >= 4 is 22.9 Å². The number of halogens is 5. The molecule has 1 rings (SSSR count). The quantitative estimate of drug-likeness (QED) is 0.477. The Morgan fingerprint density at radius 2 is 1.56 bits per heavy atom. The zero-order valence-electron chi connectivity index (χ0n) is 8.80. The maximum Gasteiger partial charge on any atom is 0.461 e. The Hall–Kier alpha value is -1.37. The lowest BCUT2D eigenvalue weighted by molar-refractivity contribution is -0.268. The summed E-state index contributed by atoms with van der Waals surface area (Å²) in [4.78, 5) is 10.7. The van der Waals surface area contributed by atoms with Crippen molar-refractivity contribution in [1.29, 1.82) is 0 Å². The molecule has 7 heteroatoms. The van der Waals surface area contributed by atoms with E-state index in [1.165, 1.54) is 24.3 Å². The van der Waals surface area contributed by atoms with Crippen LogP contribution in [0.15, 0.2) is 30.3 Å². The van der Waals surface area contributed by atoms with E-state index < -0.39 is 24.3 Å². The lowest BCUT2D eigenvalue weighted by Crippen LogP contribution is -2.44. The Kier molecular flexibility index (Phi) is 4.16. The summed E-state index contributed by atoms with van der Waals surface area (Å²) in [6.07, 6.45) is -7.01. The number of rotatable bonds is 4. The van der Waals surface area contributed by atoms with Crippen molar-refractivity contribution < 1.29 is 26.7 Å². The standard InChI is InChI=1S/C11H7F5OS/c12-10(13,11(14,15)16)9(17)6-8(18)7-4-2-1-3-5-7/h1-5H,6H2. The predicted octanol–water partition coefficient (Wildman–Crippen LogP) is 3.56. The van der Waals surface area contributed by atoms with Crippen molar-refractivity contribution in [2.45, 2.75) is 18.5 Å². The van der Waals surface area contributed by atoms with Crippen molar-refractivity contribution in [3.63, 3.8) is 0 Å². The maximum absolute atomic E-state index is 12.7. The molecule has 0 radical (unpaired) electrons. The van der Waals surface area contributed by atoms with Crippen LogP contribution in [0.25, 0.3) is 0 Å². The van der Waals surface area contributed by atoms with Gasteiger partial charge in [-0.3, -0.25) is 4.79 Å². The third-order valence-corrected chi connectivity index (χ3v) is 2.50. The SMILES string of the molecule is O=C(CC(=S)c1ccccc1)C(F)(F)C(F)(F)F. The highest BCUT2D eigenvalue weighted by Gasteiger charge is 2.62. The van der Waals surface area contributed by atoms with Gasteiger partial charge in [-0.15, -0.1) is 0 Å². The van der Waals surface area contributed by atoms with E-state index in [4.69, 9.17) is 0 Å². The minimum absolute atomic E-state index is 0.246. The number of ketones is 1. The summed E-state index contributed by atoms with van der Waals surface area (Å²) >= 11 is 4.67. The van der Waals surface area contributed by atoms with Crippen LogP contribution in [-0.2, 0) is 4.79 Å². The highest BCUT2D eigenvalue weighted by molar-refractivity contribution is 7.80. The average Bonchev–Trinajstić information content (AvgIpc) is 2.28. The van der Waals surface area contributed by atoms with Gasteiger partial charge in [0.25, 0.3) is 0 Å². The molecule has 0 aromatic heterocycles. The van der Waals surface area contributed by atoms with Crippen LogP contribution in [0.4, 0.5) is 22.0 Å². The molecule has 0 unspecified atom stereocenters. The Morgan fingerprint density at radius 1 is 1.06 bits per heavy atom. The van der Waals surface area contributed by atoms with Crippen LogP contribution >= 0.6 is 12.2 Å². The molecule has 0 saturated carbocycles. The molecule has 1 aromatic rings. The summed E-state index contributed by atoms with van der Waals surface area (Å²) in [6.45, 7) is 0. The van der Waals surface area contributed by atoms with E-state index >= 15 is 0 Å². The first-order valence-electron chi connectivity index (χ1n) is 4.72. The van der Waals surface area contributed by atoms with Crippen molar-refractivity contribution in [2.75, 3.05) is 0 Å². The highest BCUT2D eigenvalue weighted by atomic mass is 32.1. The number of benzene rings is 1.